The Morgan fingerprint density at radius 3 is 0.840 bits per heavy atom. The van der Waals surface area contributed by atoms with Crippen molar-refractivity contribution in [2.24, 2.45) is 0 Å². The lowest BCUT2D eigenvalue weighted by atomic mass is 9.41. The molecular weight excluding hydrogens is 373 g/mol. The van der Waals surface area contributed by atoms with E-state index in [2.05, 4.69) is 0 Å². The summed E-state index contributed by atoms with van der Waals surface area (Å²) < 4.78 is 133. The molecule has 2 rings (SSSR count). The fourth-order valence-corrected chi connectivity index (χ4v) is 2.31. The van der Waals surface area contributed by atoms with Gasteiger partial charge in [0.05, 0.1) is 0 Å². The highest BCUT2D eigenvalue weighted by atomic mass is 19.2. The van der Waals surface area contributed by atoms with Crippen molar-refractivity contribution >= 4 is 23.8 Å². The molecule has 0 amide bonds. The van der Waals surface area contributed by atoms with Gasteiger partial charge in [0, 0.05) is 0 Å². The monoisotopic (exact) mass is 375 g/mol. The first-order chi connectivity index (χ1) is 11.6. The first kappa shape index (κ1) is 18.8. The number of rotatable bonds is 3. The zero-order valence-electron chi connectivity index (χ0n) is 11.5. The molecule has 0 saturated heterocycles. The molecule has 0 fully saturated rings. The third-order valence-electron chi connectivity index (χ3n) is 3.53. The maximum Gasteiger partial charge on any atom is 0.200 e. The van der Waals surface area contributed by atoms with Crippen LogP contribution in [0, 0.1) is 58.2 Å². The Bertz CT molecular complexity index is 770. The number of hydrogen-bond donors (Lipinski definition) is 0. The van der Waals surface area contributed by atoms with Gasteiger partial charge in [0.2, 0.25) is 0 Å². The van der Waals surface area contributed by atoms with Gasteiger partial charge in [-0.15, -0.1) is 10.9 Å². The summed E-state index contributed by atoms with van der Waals surface area (Å²) in [4.78, 5) is 11.0. The summed E-state index contributed by atoms with van der Waals surface area (Å²) >= 11 is 0. The first-order valence-electron chi connectivity index (χ1n) is 6.24. The van der Waals surface area contributed by atoms with Crippen LogP contribution in [-0.4, -0.2) is 12.9 Å². The van der Waals surface area contributed by atoms with E-state index in [1.807, 2.05) is 0 Å². The highest BCUT2D eigenvalue weighted by Crippen LogP contribution is 2.20. The Labute approximate surface area is 131 Å². The van der Waals surface area contributed by atoms with Gasteiger partial charge < -0.3 is 4.79 Å². The predicted octanol–water partition coefficient (Wildman–Crippen LogP) is 2.19. The molecule has 0 spiro atoms. The van der Waals surface area contributed by atoms with Crippen molar-refractivity contribution in [3.63, 3.8) is 0 Å². The van der Waals surface area contributed by atoms with Crippen molar-refractivity contribution < 1.29 is 48.7 Å². The Kier molecular flexibility index (Phi) is 4.82. The van der Waals surface area contributed by atoms with Gasteiger partial charge in [-0.05, 0) is 6.19 Å². The van der Waals surface area contributed by atoms with Gasteiger partial charge in [-0.1, -0.05) is 0 Å². The van der Waals surface area contributed by atoms with E-state index >= 15 is 0 Å². The molecule has 0 bridgehead atoms. The topological polar surface area (TPSA) is 17.1 Å². The molecule has 12 heteroatoms. The molecule has 0 unspecified atom stereocenters. The molecule has 25 heavy (non-hydrogen) atoms. The highest BCUT2D eigenvalue weighted by molar-refractivity contribution is 7.04. The Hall–Kier alpha value is -2.53. The lowest BCUT2D eigenvalue weighted by molar-refractivity contribution is 0.382. The minimum absolute atomic E-state index is 0.642. The van der Waals surface area contributed by atoms with Crippen molar-refractivity contribution in [1.29, 1.82) is 0 Å². The molecular formula is C13H2BF10O-. The summed E-state index contributed by atoms with van der Waals surface area (Å²) in [6, 6.07) is 0. The zero-order valence-corrected chi connectivity index (χ0v) is 11.5. The summed E-state index contributed by atoms with van der Waals surface area (Å²) in [5, 5.41) is 0. The van der Waals surface area contributed by atoms with Crippen LogP contribution in [0.2, 0.25) is 0 Å². The third kappa shape index (κ3) is 2.65. The molecule has 134 valence electrons. The Morgan fingerprint density at radius 2 is 0.640 bits per heavy atom. The maximum atomic E-state index is 13.7. The van der Waals surface area contributed by atoms with Gasteiger partial charge in [-0.2, -0.15) is 0 Å². The van der Waals surface area contributed by atoms with Gasteiger partial charge in [0.1, 0.15) is 30.0 Å². The lowest BCUT2D eigenvalue weighted by Gasteiger charge is -2.23. The standard InChI is InChI=1S/C13H2BF10O/c15-4-2(5(16)9(20)12(23)8(4)19)14(1-25)3-6(17)10(21)13(24)11(22)7(3)18/h1,14H/q-1. The molecule has 0 aromatic heterocycles. The smallest absolute Gasteiger partial charge is 0.200 e. The number of carbonyl (C=O) groups excluding carboxylic acids is 1. The number of carbonyl (C=O) groups is 1. The largest absolute Gasteiger partial charge is 0.349 e. The average molecular weight is 375 g/mol. The number of hydrogen-bond acceptors (Lipinski definition) is 1. The molecule has 2 aromatic rings. The zero-order chi connectivity index (χ0) is 19.2. The van der Waals surface area contributed by atoms with Crippen molar-refractivity contribution in [3.8, 4) is 0 Å². The van der Waals surface area contributed by atoms with E-state index in [9.17, 15) is 48.7 Å². The van der Waals surface area contributed by atoms with Gasteiger partial charge in [0.15, 0.2) is 34.9 Å². The van der Waals surface area contributed by atoms with E-state index in [0.29, 0.717) is 0 Å². The van der Waals surface area contributed by atoms with E-state index in [4.69, 9.17) is 0 Å². The van der Waals surface area contributed by atoms with Crippen LogP contribution in [0.3, 0.4) is 0 Å². The van der Waals surface area contributed by atoms with Crippen molar-refractivity contribution in [2.75, 3.05) is 0 Å². The second kappa shape index (κ2) is 6.41. The van der Waals surface area contributed by atoms with Crippen LogP contribution in [0.15, 0.2) is 0 Å². The summed E-state index contributed by atoms with van der Waals surface area (Å²) in [6.07, 6.45) is -0.642. The molecule has 0 atom stereocenters. The van der Waals surface area contributed by atoms with E-state index in [0.717, 1.165) is 0 Å². The molecule has 0 aliphatic carbocycles. The van der Waals surface area contributed by atoms with Crippen LogP contribution in [0.1, 0.15) is 0 Å². The van der Waals surface area contributed by atoms with Crippen LogP contribution >= 0.6 is 0 Å². The van der Waals surface area contributed by atoms with Crippen molar-refractivity contribution in [1.82, 2.24) is 0 Å². The average Bonchev–Trinajstić information content (AvgIpc) is 2.60. The molecule has 0 heterocycles. The first-order valence-corrected chi connectivity index (χ1v) is 6.24. The van der Waals surface area contributed by atoms with Gasteiger partial charge in [-0.3, -0.25) is 0 Å². The molecule has 1 nitrogen and oxygen atoms in total. The predicted molar refractivity (Wildman–Crippen MR) is 65.6 cm³/mol. The highest BCUT2D eigenvalue weighted by Gasteiger charge is 2.32. The second-order valence-electron chi connectivity index (χ2n) is 4.85. The minimum Gasteiger partial charge on any atom is -0.349 e. The van der Waals surface area contributed by atoms with Gasteiger partial charge in [-0.25, -0.2) is 43.9 Å². The number of halogens is 10. The Balaban J connectivity index is 2.92. The minimum atomic E-state index is -4.03. The van der Waals surface area contributed by atoms with E-state index < -0.39 is 82.0 Å². The summed E-state index contributed by atoms with van der Waals surface area (Å²) in [6.45, 7) is -4.03. The molecule has 0 aliphatic rings. The SMILES string of the molecule is O=C[BH-](c1c(F)c(F)c(F)c(F)c1F)c1c(F)c(F)c(F)c(F)c1F. The van der Waals surface area contributed by atoms with E-state index in [1.54, 1.807) is 0 Å². The third-order valence-corrected chi connectivity index (χ3v) is 3.53. The van der Waals surface area contributed by atoms with Gasteiger partial charge in [0.25, 0.3) is 0 Å². The van der Waals surface area contributed by atoms with Crippen LogP contribution < -0.4 is 10.9 Å². The van der Waals surface area contributed by atoms with Crippen molar-refractivity contribution in [2.45, 2.75) is 0 Å². The van der Waals surface area contributed by atoms with Crippen LogP contribution in [0.25, 0.3) is 0 Å². The van der Waals surface area contributed by atoms with E-state index in [1.165, 1.54) is 0 Å². The summed E-state index contributed by atoms with van der Waals surface area (Å²) in [5.74, 6) is -25.9. The number of benzene rings is 2. The molecule has 0 saturated carbocycles. The fourth-order valence-electron chi connectivity index (χ4n) is 2.31. The fraction of sp³-hybridized carbons (Fsp3) is 0. The maximum absolute atomic E-state index is 13.7. The quantitative estimate of drug-likeness (QED) is 0.264. The molecule has 0 radical (unpaired) electrons. The molecule has 0 aliphatic heterocycles. The normalized spacial score (nSPS) is 11.3. The Morgan fingerprint density at radius 1 is 0.440 bits per heavy atom. The van der Waals surface area contributed by atoms with Crippen LogP contribution in [0.5, 0.6) is 0 Å². The summed E-state index contributed by atoms with van der Waals surface area (Å²) in [5.41, 5.74) is -3.95. The molecule has 0 N–H and O–H groups in total. The van der Waals surface area contributed by atoms with Crippen LogP contribution in [0.4, 0.5) is 43.9 Å². The second-order valence-corrected chi connectivity index (χ2v) is 4.85. The summed E-state index contributed by atoms with van der Waals surface area (Å²) in [7, 11) is 0. The molecule has 2 aromatic carbocycles. The van der Waals surface area contributed by atoms with Crippen molar-refractivity contribution in [3.05, 3.63) is 58.2 Å². The van der Waals surface area contributed by atoms with Gasteiger partial charge >= 0.3 is 0 Å². The lowest BCUT2D eigenvalue weighted by Crippen LogP contribution is -2.52. The van der Waals surface area contributed by atoms with Crippen LogP contribution in [-0.2, 0) is 4.79 Å². The van der Waals surface area contributed by atoms with E-state index in [-0.39, 0.29) is 0 Å².